The van der Waals surface area contributed by atoms with E-state index in [4.69, 9.17) is 0 Å². The number of H-pyrrole nitrogens is 1. The van der Waals surface area contributed by atoms with Crippen molar-refractivity contribution in [3.8, 4) is 0 Å². The fourth-order valence-electron chi connectivity index (χ4n) is 2.63. The highest BCUT2D eigenvalue weighted by atomic mass is 16.2. The van der Waals surface area contributed by atoms with Gasteiger partial charge in [-0.1, -0.05) is 0 Å². The number of amides is 1. The molecule has 19 heavy (non-hydrogen) atoms. The summed E-state index contributed by atoms with van der Waals surface area (Å²) < 4.78 is 0. The maximum atomic E-state index is 12.0. The number of carbonyl (C=O) groups is 1. The number of carbonyl (C=O) groups excluding carboxylic acids is 1. The van der Waals surface area contributed by atoms with E-state index in [1.807, 2.05) is 20.9 Å². The van der Waals surface area contributed by atoms with E-state index in [-0.39, 0.29) is 5.91 Å². The number of anilines is 1. The van der Waals surface area contributed by atoms with Gasteiger partial charge in [-0.2, -0.15) is 5.10 Å². The molecule has 0 saturated carbocycles. The van der Waals surface area contributed by atoms with Gasteiger partial charge in [0.05, 0.1) is 23.6 Å². The maximum Gasteiger partial charge on any atom is 0.238 e. The number of aromatic nitrogens is 2. The number of nitrogens with zero attached hydrogens (tertiary/aromatic N) is 2. The van der Waals surface area contributed by atoms with Crippen molar-refractivity contribution >= 4 is 11.6 Å². The Labute approximate surface area is 113 Å². The predicted molar refractivity (Wildman–Crippen MR) is 75.2 cm³/mol. The van der Waals surface area contributed by atoms with Gasteiger partial charge in [-0.05, 0) is 46.3 Å². The molecule has 6 nitrogen and oxygen atoms in total. The van der Waals surface area contributed by atoms with Gasteiger partial charge in [0.15, 0.2) is 0 Å². The number of hydrogen-bond acceptors (Lipinski definition) is 4. The van der Waals surface area contributed by atoms with E-state index in [1.165, 1.54) is 0 Å². The summed E-state index contributed by atoms with van der Waals surface area (Å²) in [5.41, 5.74) is 2.55. The average Bonchev–Trinajstić information content (AvgIpc) is 2.91. The Balaban J connectivity index is 1.82. The number of nitrogens with one attached hydrogen (secondary N) is 3. The Morgan fingerprint density at radius 2 is 2.32 bits per heavy atom. The smallest absolute Gasteiger partial charge is 0.238 e. The molecule has 2 heterocycles. The zero-order valence-electron chi connectivity index (χ0n) is 11.9. The first-order valence-electron chi connectivity index (χ1n) is 6.78. The Kier molecular flexibility index (Phi) is 4.55. The number of hydrogen-bond donors (Lipinski definition) is 3. The van der Waals surface area contributed by atoms with Gasteiger partial charge in [-0.3, -0.25) is 14.8 Å². The van der Waals surface area contributed by atoms with Gasteiger partial charge in [0.25, 0.3) is 0 Å². The molecule has 1 saturated heterocycles. The molecule has 1 aliphatic rings. The minimum absolute atomic E-state index is 0.0395. The van der Waals surface area contributed by atoms with Crippen molar-refractivity contribution in [2.45, 2.75) is 20.3 Å². The van der Waals surface area contributed by atoms with Crippen molar-refractivity contribution < 1.29 is 4.79 Å². The Bertz CT molecular complexity index is 423. The molecule has 1 aliphatic heterocycles. The molecule has 106 valence electrons. The minimum Gasteiger partial charge on any atom is -0.322 e. The second kappa shape index (κ2) is 6.16. The number of aromatic amines is 1. The fourth-order valence-corrected chi connectivity index (χ4v) is 2.63. The molecular formula is C13H23N5O. The van der Waals surface area contributed by atoms with E-state index in [2.05, 4.69) is 25.7 Å². The van der Waals surface area contributed by atoms with Crippen LogP contribution in [0.25, 0.3) is 0 Å². The van der Waals surface area contributed by atoms with Crippen molar-refractivity contribution in [2.75, 3.05) is 38.5 Å². The molecule has 0 bridgehead atoms. The molecule has 1 atom stereocenters. The molecule has 1 amide bonds. The zero-order chi connectivity index (χ0) is 13.8. The Morgan fingerprint density at radius 3 is 2.95 bits per heavy atom. The summed E-state index contributed by atoms with van der Waals surface area (Å²) in [6, 6.07) is 0. The summed E-state index contributed by atoms with van der Waals surface area (Å²) in [6.45, 7) is 7.29. The summed E-state index contributed by atoms with van der Waals surface area (Å²) in [4.78, 5) is 14.2. The van der Waals surface area contributed by atoms with Crippen LogP contribution >= 0.6 is 0 Å². The van der Waals surface area contributed by atoms with Crippen LogP contribution in [0.4, 0.5) is 5.69 Å². The second-order valence-corrected chi connectivity index (χ2v) is 5.30. The standard InChI is InChI=1S/C13H23N5O/c1-9-13(10(2)17-16-9)15-12(19)8-18-5-4-11(7-18)6-14-3/h11,14H,4-8H2,1-3H3,(H,15,19)(H,16,17). The van der Waals surface area contributed by atoms with E-state index in [9.17, 15) is 4.79 Å². The third-order valence-electron chi connectivity index (χ3n) is 3.62. The van der Waals surface area contributed by atoms with Crippen LogP contribution in [-0.4, -0.2) is 54.2 Å². The fraction of sp³-hybridized carbons (Fsp3) is 0.692. The summed E-state index contributed by atoms with van der Waals surface area (Å²) in [5.74, 6) is 0.702. The summed E-state index contributed by atoms with van der Waals surface area (Å²) in [7, 11) is 1.97. The lowest BCUT2D eigenvalue weighted by Gasteiger charge is -2.15. The molecule has 0 radical (unpaired) electrons. The number of likely N-dealkylation sites (tertiary alicyclic amines) is 1. The summed E-state index contributed by atoms with van der Waals surface area (Å²) >= 11 is 0. The topological polar surface area (TPSA) is 73.1 Å². The van der Waals surface area contributed by atoms with Gasteiger partial charge >= 0.3 is 0 Å². The third-order valence-corrected chi connectivity index (χ3v) is 3.62. The highest BCUT2D eigenvalue weighted by Gasteiger charge is 2.23. The van der Waals surface area contributed by atoms with Gasteiger partial charge in [-0.25, -0.2) is 0 Å². The second-order valence-electron chi connectivity index (χ2n) is 5.30. The quantitative estimate of drug-likeness (QED) is 0.725. The molecule has 6 heteroatoms. The van der Waals surface area contributed by atoms with Gasteiger partial charge in [0.2, 0.25) is 5.91 Å². The molecule has 2 rings (SSSR count). The van der Waals surface area contributed by atoms with Crippen LogP contribution in [0.5, 0.6) is 0 Å². The van der Waals surface area contributed by atoms with E-state index in [0.717, 1.165) is 43.1 Å². The van der Waals surface area contributed by atoms with Crippen LogP contribution in [0.2, 0.25) is 0 Å². The van der Waals surface area contributed by atoms with Crippen molar-refractivity contribution in [3.63, 3.8) is 0 Å². The number of rotatable bonds is 5. The molecule has 1 unspecified atom stereocenters. The van der Waals surface area contributed by atoms with Crippen molar-refractivity contribution in [1.29, 1.82) is 0 Å². The van der Waals surface area contributed by atoms with E-state index in [0.29, 0.717) is 12.5 Å². The van der Waals surface area contributed by atoms with Crippen LogP contribution < -0.4 is 10.6 Å². The minimum atomic E-state index is 0.0395. The molecule has 1 fully saturated rings. The van der Waals surface area contributed by atoms with Gasteiger partial charge in [-0.15, -0.1) is 0 Å². The Morgan fingerprint density at radius 1 is 1.53 bits per heavy atom. The lowest BCUT2D eigenvalue weighted by atomic mass is 10.1. The highest BCUT2D eigenvalue weighted by Crippen LogP contribution is 2.17. The van der Waals surface area contributed by atoms with Gasteiger partial charge in [0, 0.05) is 6.54 Å². The van der Waals surface area contributed by atoms with Crippen LogP contribution in [0.1, 0.15) is 17.8 Å². The maximum absolute atomic E-state index is 12.0. The highest BCUT2D eigenvalue weighted by molar-refractivity contribution is 5.93. The van der Waals surface area contributed by atoms with Gasteiger partial charge in [0.1, 0.15) is 0 Å². The van der Waals surface area contributed by atoms with E-state index < -0.39 is 0 Å². The van der Waals surface area contributed by atoms with Crippen molar-refractivity contribution in [2.24, 2.45) is 5.92 Å². The average molecular weight is 265 g/mol. The normalized spacial score (nSPS) is 19.8. The van der Waals surface area contributed by atoms with Crippen LogP contribution in [-0.2, 0) is 4.79 Å². The largest absolute Gasteiger partial charge is 0.322 e. The lowest BCUT2D eigenvalue weighted by molar-refractivity contribution is -0.117. The molecular weight excluding hydrogens is 242 g/mol. The monoisotopic (exact) mass is 265 g/mol. The molecule has 1 aromatic heterocycles. The number of aryl methyl sites for hydroxylation is 2. The molecule has 0 spiro atoms. The molecule has 3 N–H and O–H groups in total. The van der Waals surface area contributed by atoms with Crippen molar-refractivity contribution in [1.82, 2.24) is 20.4 Å². The first kappa shape index (κ1) is 14.0. The third kappa shape index (κ3) is 3.54. The van der Waals surface area contributed by atoms with E-state index in [1.54, 1.807) is 0 Å². The Hall–Kier alpha value is -1.40. The van der Waals surface area contributed by atoms with Crippen LogP contribution in [0, 0.1) is 19.8 Å². The molecule has 1 aromatic rings. The molecule has 0 aromatic carbocycles. The molecule has 0 aliphatic carbocycles. The first-order valence-corrected chi connectivity index (χ1v) is 6.78. The first-order chi connectivity index (χ1) is 9.10. The predicted octanol–water partition coefficient (Wildman–Crippen LogP) is 0.506. The van der Waals surface area contributed by atoms with Crippen LogP contribution in [0.3, 0.4) is 0 Å². The van der Waals surface area contributed by atoms with E-state index >= 15 is 0 Å². The van der Waals surface area contributed by atoms with Crippen LogP contribution in [0.15, 0.2) is 0 Å². The summed E-state index contributed by atoms with van der Waals surface area (Å²) in [6.07, 6.45) is 1.16. The SMILES string of the molecule is CNCC1CCN(CC(=O)Nc2c(C)n[nH]c2C)C1. The zero-order valence-corrected chi connectivity index (χ0v) is 11.9. The summed E-state index contributed by atoms with van der Waals surface area (Å²) in [5, 5.41) is 13.1. The van der Waals surface area contributed by atoms with Gasteiger partial charge < -0.3 is 10.6 Å². The lowest BCUT2D eigenvalue weighted by Crippen LogP contribution is -2.32. The van der Waals surface area contributed by atoms with Crippen molar-refractivity contribution in [3.05, 3.63) is 11.4 Å².